The van der Waals surface area contributed by atoms with Gasteiger partial charge in [0.25, 0.3) is 5.91 Å². The molecule has 1 amide bonds. The zero-order chi connectivity index (χ0) is 12.3. The number of methoxy groups -OCH3 is 1. The predicted molar refractivity (Wildman–Crippen MR) is 66.1 cm³/mol. The van der Waals surface area contributed by atoms with Gasteiger partial charge < -0.3 is 15.4 Å². The van der Waals surface area contributed by atoms with Crippen molar-refractivity contribution in [2.24, 2.45) is 5.73 Å². The molecule has 1 atom stereocenters. The molecule has 0 spiro atoms. The number of benzene rings is 1. The van der Waals surface area contributed by atoms with Gasteiger partial charge in [-0.05, 0) is 37.1 Å². The van der Waals surface area contributed by atoms with Crippen LogP contribution >= 0.6 is 0 Å². The van der Waals surface area contributed by atoms with Crippen molar-refractivity contribution in [3.8, 4) is 5.75 Å². The minimum atomic E-state index is 0.0700. The second-order valence-electron chi connectivity index (χ2n) is 4.26. The van der Waals surface area contributed by atoms with Crippen LogP contribution in [0.5, 0.6) is 5.75 Å². The third-order valence-corrected chi connectivity index (χ3v) is 3.25. The van der Waals surface area contributed by atoms with Crippen LogP contribution in [-0.4, -0.2) is 37.0 Å². The molecule has 4 heteroatoms. The molecule has 0 aromatic heterocycles. The Labute approximate surface area is 101 Å². The van der Waals surface area contributed by atoms with E-state index in [1.807, 2.05) is 4.90 Å². The summed E-state index contributed by atoms with van der Waals surface area (Å²) in [4.78, 5) is 14.1. The molecule has 1 aromatic rings. The van der Waals surface area contributed by atoms with Gasteiger partial charge in [-0.2, -0.15) is 0 Å². The molecule has 92 valence electrons. The van der Waals surface area contributed by atoms with Crippen LogP contribution in [0.25, 0.3) is 0 Å². The highest BCUT2D eigenvalue weighted by molar-refractivity contribution is 5.94. The predicted octanol–water partition coefficient (Wildman–Crippen LogP) is 1.26. The Kier molecular flexibility index (Phi) is 3.64. The van der Waals surface area contributed by atoms with Crippen LogP contribution < -0.4 is 10.5 Å². The van der Waals surface area contributed by atoms with Crippen molar-refractivity contribution in [3.63, 3.8) is 0 Å². The first-order valence-corrected chi connectivity index (χ1v) is 5.91. The molecule has 1 unspecified atom stereocenters. The van der Waals surface area contributed by atoms with Gasteiger partial charge in [-0.3, -0.25) is 4.79 Å². The Hall–Kier alpha value is -1.55. The van der Waals surface area contributed by atoms with Gasteiger partial charge in [0.1, 0.15) is 5.75 Å². The monoisotopic (exact) mass is 234 g/mol. The lowest BCUT2D eigenvalue weighted by Crippen LogP contribution is -2.39. The molecular formula is C13H18N2O2. The van der Waals surface area contributed by atoms with E-state index in [0.717, 1.165) is 25.1 Å². The molecule has 17 heavy (non-hydrogen) atoms. The lowest BCUT2D eigenvalue weighted by molar-refractivity contribution is 0.0741. The maximum atomic E-state index is 12.2. The average molecular weight is 234 g/mol. The average Bonchev–Trinajstić information content (AvgIpc) is 2.86. The molecule has 0 saturated carbocycles. The second-order valence-corrected chi connectivity index (χ2v) is 4.26. The molecule has 2 rings (SSSR count). The number of nitrogens with zero attached hydrogens (tertiary/aromatic N) is 1. The van der Waals surface area contributed by atoms with Crippen molar-refractivity contribution < 1.29 is 9.53 Å². The van der Waals surface area contributed by atoms with E-state index >= 15 is 0 Å². The first kappa shape index (κ1) is 11.9. The van der Waals surface area contributed by atoms with Crippen LogP contribution in [0.15, 0.2) is 24.3 Å². The fraction of sp³-hybridized carbons (Fsp3) is 0.462. The number of carbonyl (C=O) groups is 1. The first-order chi connectivity index (χ1) is 8.26. The molecule has 2 N–H and O–H groups in total. The number of hydrogen-bond donors (Lipinski definition) is 1. The van der Waals surface area contributed by atoms with Crippen LogP contribution in [0.1, 0.15) is 23.2 Å². The van der Waals surface area contributed by atoms with E-state index in [1.165, 1.54) is 0 Å². The summed E-state index contributed by atoms with van der Waals surface area (Å²) in [7, 11) is 1.61. The lowest BCUT2D eigenvalue weighted by Gasteiger charge is -2.23. The number of carbonyl (C=O) groups excluding carboxylic acids is 1. The van der Waals surface area contributed by atoms with E-state index in [4.69, 9.17) is 10.5 Å². The molecule has 0 aliphatic carbocycles. The van der Waals surface area contributed by atoms with Gasteiger partial charge >= 0.3 is 0 Å². The Morgan fingerprint density at radius 3 is 2.76 bits per heavy atom. The minimum Gasteiger partial charge on any atom is -0.497 e. The van der Waals surface area contributed by atoms with Gasteiger partial charge in [0.15, 0.2) is 0 Å². The fourth-order valence-electron chi connectivity index (χ4n) is 2.25. The van der Waals surface area contributed by atoms with Crippen LogP contribution in [0.2, 0.25) is 0 Å². The third-order valence-electron chi connectivity index (χ3n) is 3.25. The number of likely N-dealkylation sites (tertiary alicyclic amines) is 1. The normalized spacial score (nSPS) is 19.4. The van der Waals surface area contributed by atoms with Crippen molar-refractivity contribution in [2.75, 3.05) is 20.2 Å². The van der Waals surface area contributed by atoms with Crippen molar-refractivity contribution >= 4 is 5.91 Å². The van der Waals surface area contributed by atoms with E-state index in [1.54, 1.807) is 31.4 Å². The molecule has 1 aliphatic rings. The minimum absolute atomic E-state index is 0.0700. The second kappa shape index (κ2) is 5.19. The van der Waals surface area contributed by atoms with Gasteiger partial charge in [0.05, 0.1) is 7.11 Å². The van der Waals surface area contributed by atoms with E-state index in [0.29, 0.717) is 12.1 Å². The maximum Gasteiger partial charge on any atom is 0.254 e. The largest absolute Gasteiger partial charge is 0.497 e. The standard InChI is InChI=1S/C13H18N2O2/c1-17-12-6-4-10(5-7-12)13(16)15-8-2-3-11(15)9-14/h4-7,11H,2-3,8-9,14H2,1H3. The zero-order valence-electron chi connectivity index (χ0n) is 10.1. The van der Waals surface area contributed by atoms with E-state index in [9.17, 15) is 4.79 Å². The molecule has 1 aromatic carbocycles. The van der Waals surface area contributed by atoms with Gasteiger partial charge in [0.2, 0.25) is 0 Å². The SMILES string of the molecule is COc1ccc(C(=O)N2CCCC2CN)cc1. The number of nitrogens with two attached hydrogens (primary N) is 1. The quantitative estimate of drug-likeness (QED) is 0.856. The van der Waals surface area contributed by atoms with Crippen molar-refractivity contribution in [2.45, 2.75) is 18.9 Å². The molecule has 1 aliphatic heterocycles. The summed E-state index contributed by atoms with van der Waals surface area (Å²) in [5, 5.41) is 0. The number of hydrogen-bond acceptors (Lipinski definition) is 3. The first-order valence-electron chi connectivity index (χ1n) is 5.91. The fourth-order valence-corrected chi connectivity index (χ4v) is 2.25. The number of rotatable bonds is 3. The molecule has 1 saturated heterocycles. The Morgan fingerprint density at radius 2 is 2.18 bits per heavy atom. The summed E-state index contributed by atoms with van der Waals surface area (Å²) in [6.07, 6.45) is 2.06. The van der Waals surface area contributed by atoms with E-state index in [2.05, 4.69) is 0 Å². The van der Waals surface area contributed by atoms with Crippen LogP contribution in [0, 0.1) is 0 Å². The Morgan fingerprint density at radius 1 is 1.47 bits per heavy atom. The molecule has 4 nitrogen and oxygen atoms in total. The smallest absolute Gasteiger partial charge is 0.254 e. The highest BCUT2D eigenvalue weighted by Gasteiger charge is 2.28. The summed E-state index contributed by atoms with van der Waals surface area (Å²) in [6.45, 7) is 1.36. The Balaban J connectivity index is 2.13. The maximum absolute atomic E-state index is 12.2. The van der Waals surface area contributed by atoms with Crippen molar-refractivity contribution in [3.05, 3.63) is 29.8 Å². The van der Waals surface area contributed by atoms with Gasteiger partial charge in [-0.15, -0.1) is 0 Å². The summed E-state index contributed by atoms with van der Waals surface area (Å²) < 4.78 is 5.07. The Bertz CT molecular complexity index is 389. The summed E-state index contributed by atoms with van der Waals surface area (Å²) >= 11 is 0. The molecule has 0 bridgehead atoms. The highest BCUT2D eigenvalue weighted by atomic mass is 16.5. The highest BCUT2D eigenvalue weighted by Crippen LogP contribution is 2.20. The van der Waals surface area contributed by atoms with E-state index in [-0.39, 0.29) is 11.9 Å². The molecule has 1 fully saturated rings. The van der Waals surface area contributed by atoms with Crippen molar-refractivity contribution in [1.82, 2.24) is 4.90 Å². The molecule has 0 radical (unpaired) electrons. The third kappa shape index (κ3) is 2.42. The topological polar surface area (TPSA) is 55.6 Å². The van der Waals surface area contributed by atoms with E-state index < -0.39 is 0 Å². The van der Waals surface area contributed by atoms with Crippen LogP contribution in [0.4, 0.5) is 0 Å². The van der Waals surface area contributed by atoms with Crippen molar-refractivity contribution in [1.29, 1.82) is 0 Å². The summed E-state index contributed by atoms with van der Waals surface area (Å²) in [6, 6.07) is 7.41. The van der Waals surface area contributed by atoms with Gasteiger partial charge in [-0.25, -0.2) is 0 Å². The number of ether oxygens (including phenoxy) is 1. The number of amides is 1. The zero-order valence-corrected chi connectivity index (χ0v) is 10.1. The summed E-state index contributed by atoms with van der Waals surface area (Å²) in [5.74, 6) is 0.832. The van der Waals surface area contributed by atoms with Crippen LogP contribution in [-0.2, 0) is 0 Å². The lowest BCUT2D eigenvalue weighted by atomic mass is 10.1. The van der Waals surface area contributed by atoms with Gasteiger partial charge in [0, 0.05) is 24.7 Å². The molecular weight excluding hydrogens is 216 g/mol. The summed E-state index contributed by atoms with van der Waals surface area (Å²) in [5.41, 5.74) is 6.37. The molecule has 1 heterocycles. The van der Waals surface area contributed by atoms with Crippen LogP contribution in [0.3, 0.4) is 0 Å². The van der Waals surface area contributed by atoms with Gasteiger partial charge in [-0.1, -0.05) is 0 Å².